The molecular weight excluding hydrogens is 327 g/mol. The summed E-state index contributed by atoms with van der Waals surface area (Å²) in [5.41, 5.74) is 0.522. The first-order valence-electron chi connectivity index (χ1n) is 5.48. The lowest BCUT2D eigenvalue weighted by atomic mass is 10.2. The molecule has 0 spiro atoms. The Balaban J connectivity index is 2.93. The molecule has 1 rings (SSSR count). The van der Waals surface area contributed by atoms with Crippen molar-refractivity contribution < 1.29 is 22.7 Å². The molecule has 1 amide bonds. The predicted molar refractivity (Wildman–Crippen MR) is 69.5 cm³/mol. The number of amides is 1. The molecule has 3 nitrogen and oxygen atoms in total. The van der Waals surface area contributed by atoms with Crippen LogP contribution >= 0.6 is 15.9 Å². The van der Waals surface area contributed by atoms with Crippen LogP contribution in [0, 0.1) is 0 Å². The normalized spacial score (nSPS) is 11.5. The maximum absolute atomic E-state index is 12.0. The number of benzene rings is 1. The second-order valence-corrected chi connectivity index (χ2v) is 4.59. The Kier molecular flexibility index (Phi) is 5.22. The van der Waals surface area contributed by atoms with Gasteiger partial charge in [-0.2, -0.15) is 0 Å². The molecule has 0 heterocycles. The number of hydrogen-bond acceptors (Lipinski definition) is 2. The van der Waals surface area contributed by atoms with Crippen molar-refractivity contribution in [2.24, 2.45) is 0 Å². The summed E-state index contributed by atoms with van der Waals surface area (Å²) in [7, 11) is 0. The zero-order chi connectivity index (χ0) is 14.6. The summed E-state index contributed by atoms with van der Waals surface area (Å²) in [4.78, 5) is 13.2. The molecule has 0 aliphatic heterocycles. The monoisotopic (exact) mass is 339 g/mol. The number of alkyl halides is 4. The van der Waals surface area contributed by atoms with Gasteiger partial charge in [-0.15, -0.1) is 13.2 Å². The van der Waals surface area contributed by atoms with Gasteiger partial charge in [-0.25, -0.2) is 0 Å². The molecule has 0 saturated carbocycles. The van der Waals surface area contributed by atoms with Gasteiger partial charge in [0.25, 0.3) is 0 Å². The quantitative estimate of drug-likeness (QED) is 0.782. The van der Waals surface area contributed by atoms with Gasteiger partial charge in [-0.05, 0) is 38.1 Å². The minimum absolute atomic E-state index is 0.0977. The van der Waals surface area contributed by atoms with Gasteiger partial charge in [0.15, 0.2) is 0 Å². The summed E-state index contributed by atoms with van der Waals surface area (Å²) < 4.78 is 39.8. The fourth-order valence-corrected chi connectivity index (χ4v) is 1.87. The van der Waals surface area contributed by atoms with Crippen LogP contribution in [0.25, 0.3) is 0 Å². The van der Waals surface area contributed by atoms with Crippen molar-refractivity contribution in [2.75, 3.05) is 10.2 Å². The zero-order valence-corrected chi connectivity index (χ0v) is 12.0. The molecular formula is C12H13BrF3NO2. The van der Waals surface area contributed by atoms with Crippen molar-refractivity contribution in [1.29, 1.82) is 0 Å². The lowest BCUT2D eigenvalue weighted by molar-refractivity contribution is -0.274. The molecule has 0 unspecified atom stereocenters. The average Bonchev–Trinajstić information content (AvgIpc) is 2.29. The lowest BCUT2D eigenvalue weighted by Crippen LogP contribution is -2.37. The van der Waals surface area contributed by atoms with Crippen LogP contribution in [0.5, 0.6) is 5.75 Å². The molecule has 0 fully saturated rings. The molecule has 7 heteroatoms. The number of carbonyl (C=O) groups is 1. The van der Waals surface area contributed by atoms with E-state index in [1.54, 1.807) is 0 Å². The summed E-state index contributed by atoms with van der Waals surface area (Å²) in [5, 5.41) is 0.145. The van der Waals surface area contributed by atoms with Crippen LogP contribution in [-0.4, -0.2) is 23.6 Å². The number of carbonyl (C=O) groups excluding carboxylic acids is 1. The second kappa shape index (κ2) is 6.27. The topological polar surface area (TPSA) is 29.5 Å². The summed E-state index contributed by atoms with van der Waals surface area (Å²) in [6.07, 6.45) is -4.72. The summed E-state index contributed by atoms with van der Waals surface area (Å²) in [5.74, 6) is -0.481. The second-order valence-electron chi connectivity index (χ2n) is 4.03. The lowest BCUT2D eigenvalue weighted by Gasteiger charge is -2.26. The maximum atomic E-state index is 12.0. The molecule has 19 heavy (non-hydrogen) atoms. The Morgan fingerprint density at radius 1 is 1.32 bits per heavy atom. The molecule has 1 aromatic rings. The average molecular weight is 340 g/mol. The van der Waals surface area contributed by atoms with E-state index in [1.807, 2.05) is 13.8 Å². The Morgan fingerprint density at radius 2 is 1.84 bits per heavy atom. The smallest absolute Gasteiger partial charge is 0.406 e. The van der Waals surface area contributed by atoms with E-state index in [4.69, 9.17) is 0 Å². The molecule has 0 saturated heterocycles. The van der Waals surface area contributed by atoms with Gasteiger partial charge in [-0.1, -0.05) is 15.9 Å². The number of halogens is 4. The van der Waals surface area contributed by atoms with Gasteiger partial charge in [0.1, 0.15) is 5.75 Å². The van der Waals surface area contributed by atoms with Gasteiger partial charge in [0, 0.05) is 11.7 Å². The minimum Gasteiger partial charge on any atom is -0.406 e. The SMILES string of the molecule is CC(C)N(C(=O)CBr)c1ccc(OC(F)(F)F)cc1. The molecule has 0 bridgehead atoms. The maximum Gasteiger partial charge on any atom is 0.573 e. The highest BCUT2D eigenvalue weighted by Gasteiger charge is 2.31. The third-order valence-corrected chi connectivity index (χ3v) is 2.73. The minimum atomic E-state index is -4.72. The number of hydrogen-bond donors (Lipinski definition) is 0. The first-order chi connectivity index (χ1) is 8.74. The van der Waals surface area contributed by atoms with Gasteiger partial charge < -0.3 is 9.64 Å². The predicted octanol–water partition coefficient (Wildman–Crippen LogP) is 3.72. The fourth-order valence-electron chi connectivity index (χ4n) is 1.60. The van der Waals surface area contributed by atoms with E-state index in [9.17, 15) is 18.0 Å². The highest BCUT2D eigenvalue weighted by Crippen LogP contribution is 2.26. The highest BCUT2D eigenvalue weighted by atomic mass is 79.9. The summed E-state index contributed by atoms with van der Waals surface area (Å²) in [6, 6.07) is 5.10. The van der Waals surface area contributed by atoms with Crippen molar-refractivity contribution in [1.82, 2.24) is 0 Å². The van der Waals surface area contributed by atoms with Crippen LogP contribution in [-0.2, 0) is 4.79 Å². The Hall–Kier alpha value is -1.24. The van der Waals surface area contributed by atoms with Crippen molar-refractivity contribution in [3.8, 4) is 5.75 Å². The molecule has 0 N–H and O–H groups in total. The molecule has 0 aliphatic carbocycles. The van der Waals surface area contributed by atoms with E-state index in [-0.39, 0.29) is 23.0 Å². The van der Waals surface area contributed by atoms with E-state index >= 15 is 0 Å². The molecule has 0 aliphatic rings. The van der Waals surface area contributed by atoms with Crippen LogP contribution < -0.4 is 9.64 Å². The van der Waals surface area contributed by atoms with Crippen LogP contribution in [0.15, 0.2) is 24.3 Å². The number of anilines is 1. The first kappa shape index (κ1) is 15.8. The third-order valence-electron chi connectivity index (χ3n) is 2.25. The number of rotatable bonds is 4. The Labute approximate surface area is 117 Å². The van der Waals surface area contributed by atoms with E-state index in [1.165, 1.54) is 29.2 Å². The fraction of sp³-hybridized carbons (Fsp3) is 0.417. The Morgan fingerprint density at radius 3 is 2.21 bits per heavy atom. The van der Waals surface area contributed by atoms with Gasteiger partial charge in [-0.3, -0.25) is 4.79 Å². The molecule has 1 aromatic carbocycles. The summed E-state index contributed by atoms with van der Waals surface area (Å²) in [6.45, 7) is 3.64. The van der Waals surface area contributed by atoms with Gasteiger partial charge in [0.05, 0.1) is 5.33 Å². The molecule has 106 valence electrons. The van der Waals surface area contributed by atoms with E-state index < -0.39 is 6.36 Å². The van der Waals surface area contributed by atoms with Crippen molar-refractivity contribution >= 4 is 27.5 Å². The summed E-state index contributed by atoms with van der Waals surface area (Å²) >= 11 is 3.07. The van der Waals surface area contributed by atoms with E-state index in [2.05, 4.69) is 20.7 Å². The van der Waals surface area contributed by atoms with Gasteiger partial charge >= 0.3 is 6.36 Å². The van der Waals surface area contributed by atoms with Crippen molar-refractivity contribution in [2.45, 2.75) is 26.3 Å². The van der Waals surface area contributed by atoms with Crippen LogP contribution in [0.3, 0.4) is 0 Å². The van der Waals surface area contributed by atoms with Gasteiger partial charge in [0.2, 0.25) is 5.91 Å². The standard InChI is InChI=1S/C12H13BrF3NO2/c1-8(2)17(11(18)7-13)9-3-5-10(6-4-9)19-12(14,15)16/h3-6,8H,7H2,1-2H3. The zero-order valence-electron chi connectivity index (χ0n) is 10.4. The van der Waals surface area contributed by atoms with Crippen molar-refractivity contribution in [3.05, 3.63) is 24.3 Å². The number of ether oxygens (including phenoxy) is 1. The largest absolute Gasteiger partial charge is 0.573 e. The van der Waals surface area contributed by atoms with E-state index in [0.29, 0.717) is 5.69 Å². The Bertz CT molecular complexity index is 432. The van der Waals surface area contributed by atoms with Crippen LogP contribution in [0.2, 0.25) is 0 Å². The molecule has 0 atom stereocenters. The van der Waals surface area contributed by atoms with Crippen molar-refractivity contribution in [3.63, 3.8) is 0 Å². The van der Waals surface area contributed by atoms with E-state index in [0.717, 1.165) is 0 Å². The molecule has 0 aromatic heterocycles. The van der Waals surface area contributed by atoms with Crippen LogP contribution in [0.1, 0.15) is 13.8 Å². The first-order valence-corrected chi connectivity index (χ1v) is 6.60. The third kappa shape index (κ3) is 4.74. The highest BCUT2D eigenvalue weighted by molar-refractivity contribution is 9.09. The van der Waals surface area contributed by atoms with Crippen LogP contribution in [0.4, 0.5) is 18.9 Å². The molecule has 0 radical (unpaired) electrons. The number of nitrogens with zero attached hydrogens (tertiary/aromatic N) is 1.